The molecule has 0 saturated heterocycles. The third-order valence-corrected chi connectivity index (χ3v) is 2.94. The molecule has 0 aromatic heterocycles. The van der Waals surface area contributed by atoms with Crippen LogP contribution in [-0.4, -0.2) is 63.4 Å². The molecule has 0 bridgehead atoms. The Labute approximate surface area is 119 Å². The van der Waals surface area contributed by atoms with E-state index in [-0.39, 0.29) is 12.5 Å². The smallest absolute Gasteiger partial charge is 0.253 e. The molecule has 0 aliphatic heterocycles. The molecule has 1 atom stereocenters. The topological polar surface area (TPSA) is 79.0 Å². The molecule has 0 fully saturated rings. The summed E-state index contributed by atoms with van der Waals surface area (Å²) in [6.45, 7) is 0.667. The van der Waals surface area contributed by atoms with Crippen molar-refractivity contribution in [2.75, 3.05) is 52.0 Å². The number of ether oxygens (including phenoxy) is 1. The number of hydrogen-bond donors (Lipinski definition) is 2. The van der Waals surface area contributed by atoms with Crippen molar-refractivity contribution in [3.05, 3.63) is 23.8 Å². The average molecular weight is 281 g/mol. The number of nitrogen functional groups attached to an aromatic ring is 1. The third kappa shape index (κ3) is 4.11. The molecule has 1 aromatic rings. The van der Waals surface area contributed by atoms with E-state index in [9.17, 15) is 9.90 Å². The molecule has 112 valence electrons. The maximum absolute atomic E-state index is 11.8. The fraction of sp³-hybridized carbons (Fsp3) is 0.500. The van der Waals surface area contributed by atoms with Crippen molar-refractivity contribution in [3.63, 3.8) is 0 Å². The number of aliphatic hydroxyl groups is 1. The molecule has 0 aliphatic rings. The zero-order chi connectivity index (χ0) is 15.3. The minimum Gasteiger partial charge on any atom is -0.397 e. The number of benzene rings is 1. The second-order valence-corrected chi connectivity index (χ2v) is 4.96. The van der Waals surface area contributed by atoms with Crippen LogP contribution < -0.4 is 10.6 Å². The number of rotatable bonds is 6. The van der Waals surface area contributed by atoms with Crippen LogP contribution >= 0.6 is 0 Å². The molecule has 6 nitrogen and oxygen atoms in total. The van der Waals surface area contributed by atoms with Crippen LogP contribution in [0.1, 0.15) is 10.4 Å². The molecular weight excluding hydrogens is 258 g/mol. The SMILES string of the molecule is COCC(O)CN(C)c1ccc(C(=O)N(C)C)cc1N. The predicted octanol–water partition coefficient (Wildman–Crippen LogP) is 0.414. The van der Waals surface area contributed by atoms with Crippen molar-refractivity contribution in [2.24, 2.45) is 0 Å². The average Bonchev–Trinajstić information content (AvgIpc) is 2.37. The van der Waals surface area contributed by atoms with Crippen molar-refractivity contribution in [3.8, 4) is 0 Å². The van der Waals surface area contributed by atoms with Crippen molar-refractivity contribution in [1.82, 2.24) is 4.90 Å². The monoisotopic (exact) mass is 281 g/mol. The first kappa shape index (κ1) is 16.3. The highest BCUT2D eigenvalue weighted by Crippen LogP contribution is 2.24. The van der Waals surface area contributed by atoms with Gasteiger partial charge in [0.05, 0.1) is 24.1 Å². The van der Waals surface area contributed by atoms with Gasteiger partial charge in [-0.1, -0.05) is 0 Å². The zero-order valence-corrected chi connectivity index (χ0v) is 12.5. The molecule has 0 saturated carbocycles. The van der Waals surface area contributed by atoms with Gasteiger partial charge in [0, 0.05) is 40.4 Å². The number of hydrogen-bond acceptors (Lipinski definition) is 5. The second kappa shape index (κ2) is 7.12. The Morgan fingerprint density at radius 2 is 2.05 bits per heavy atom. The Kier molecular flexibility index (Phi) is 5.79. The van der Waals surface area contributed by atoms with Crippen molar-refractivity contribution < 1.29 is 14.6 Å². The molecule has 0 aliphatic carbocycles. The summed E-state index contributed by atoms with van der Waals surface area (Å²) in [6, 6.07) is 5.16. The van der Waals surface area contributed by atoms with Gasteiger partial charge in [0.15, 0.2) is 0 Å². The highest BCUT2D eigenvalue weighted by molar-refractivity contribution is 5.95. The summed E-state index contributed by atoms with van der Waals surface area (Å²) in [6.07, 6.45) is -0.590. The number of anilines is 2. The van der Waals surface area contributed by atoms with Crippen LogP contribution in [0.25, 0.3) is 0 Å². The van der Waals surface area contributed by atoms with Gasteiger partial charge < -0.3 is 25.4 Å². The van der Waals surface area contributed by atoms with Crippen LogP contribution in [0.15, 0.2) is 18.2 Å². The van der Waals surface area contributed by atoms with E-state index < -0.39 is 6.10 Å². The van der Waals surface area contributed by atoms with Gasteiger partial charge in [0.1, 0.15) is 0 Å². The normalized spacial score (nSPS) is 12.1. The standard InChI is InChI=1S/C14H23N3O3/c1-16(2)14(19)10-5-6-13(12(15)7-10)17(3)8-11(18)9-20-4/h5-7,11,18H,8-9,15H2,1-4H3. The van der Waals surface area contributed by atoms with E-state index in [1.807, 2.05) is 11.9 Å². The highest BCUT2D eigenvalue weighted by atomic mass is 16.5. The van der Waals surface area contributed by atoms with E-state index in [0.717, 1.165) is 5.69 Å². The minimum absolute atomic E-state index is 0.0923. The molecule has 3 N–H and O–H groups in total. The summed E-state index contributed by atoms with van der Waals surface area (Å²) in [4.78, 5) is 15.2. The van der Waals surface area contributed by atoms with Crippen LogP contribution in [0.2, 0.25) is 0 Å². The molecule has 0 radical (unpaired) electrons. The summed E-state index contributed by atoms with van der Waals surface area (Å²) in [7, 11) is 6.76. The number of methoxy groups -OCH3 is 1. The van der Waals surface area contributed by atoms with Crippen molar-refractivity contribution >= 4 is 17.3 Å². The van der Waals surface area contributed by atoms with Gasteiger partial charge in [-0.05, 0) is 18.2 Å². The minimum atomic E-state index is -0.590. The second-order valence-electron chi connectivity index (χ2n) is 4.96. The predicted molar refractivity (Wildman–Crippen MR) is 80.0 cm³/mol. The number of likely N-dealkylation sites (N-methyl/N-ethyl adjacent to an activating group) is 1. The Morgan fingerprint density at radius 3 is 2.55 bits per heavy atom. The lowest BCUT2D eigenvalue weighted by Gasteiger charge is -2.24. The maximum Gasteiger partial charge on any atom is 0.253 e. The third-order valence-electron chi connectivity index (χ3n) is 2.94. The Morgan fingerprint density at radius 1 is 1.40 bits per heavy atom. The van der Waals surface area contributed by atoms with Gasteiger partial charge in [-0.3, -0.25) is 4.79 Å². The molecule has 1 aromatic carbocycles. The Balaban J connectivity index is 2.85. The van der Waals surface area contributed by atoms with E-state index in [4.69, 9.17) is 10.5 Å². The van der Waals surface area contributed by atoms with Gasteiger partial charge in [-0.15, -0.1) is 0 Å². The lowest BCUT2D eigenvalue weighted by atomic mass is 10.1. The van der Waals surface area contributed by atoms with Gasteiger partial charge in [-0.2, -0.15) is 0 Å². The van der Waals surface area contributed by atoms with E-state index in [1.54, 1.807) is 39.4 Å². The maximum atomic E-state index is 11.8. The van der Waals surface area contributed by atoms with Crippen LogP contribution in [-0.2, 0) is 4.74 Å². The van der Waals surface area contributed by atoms with Crippen molar-refractivity contribution in [1.29, 1.82) is 0 Å². The largest absolute Gasteiger partial charge is 0.397 e. The summed E-state index contributed by atoms with van der Waals surface area (Å²) in [5.74, 6) is -0.0923. The van der Waals surface area contributed by atoms with Crippen LogP contribution in [0.4, 0.5) is 11.4 Å². The van der Waals surface area contributed by atoms with Crippen LogP contribution in [0, 0.1) is 0 Å². The fourth-order valence-electron chi connectivity index (χ4n) is 1.95. The van der Waals surface area contributed by atoms with Crippen LogP contribution in [0.5, 0.6) is 0 Å². The van der Waals surface area contributed by atoms with Crippen LogP contribution in [0.3, 0.4) is 0 Å². The molecular formula is C14H23N3O3. The molecule has 1 unspecified atom stereocenters. The van der Waals surface area contributed by atoms with E-state index in [2.05, 4.69) is 0 Å². The number of carbonyl (C=O) groups excluding carboxylic acids is 1. The molecule has 1 amide bonds. The number of aliphatic hydroxyl groups excluding tert-OH is 1. The first-order valence-corrected chi connectivity index (χ1v) is 6.36. The number of nitrogens with two attached hydrogens (primary N) is 1. The lowest BCUT2D eigenvalue weighted by molar-refractivity contribution is 0.0695. The number of nitrogens with zero attached hydrogens (tertiary/aromatic N) is 2. The van der Waals surface area contributed by atoms with E-state index in [0.29, 0.717) is 17.8 Å². The van der Waals surface area contributed by atoms with Crippen molar-refractivity contribution in [2.45, 2.75) is 6.10 Å². The summed E-state index contributed by atoms with van der Waals surface area (Å²) >= 11 is 0. The van der Waals surface area contributed by atoms with E-state index in [1.165, 1.54) is 4.90 Å². The molecule has 0 heterocycles. The van der Waals surface area contributed by atoms with Gasteiger partial charge >= 0.3 is 0 Å². The summed E-state index contributed by atoms with van der Waals surface area (Å²) < 4.78 is 4.89. The number of carbonyl (C=O) groups is 1. The first-order chi connectivity index (χ1) is 9.36. The highest BCUT2D eigenvalue weighted by Gasteiger charge is 2.14. The fourth-order valence-corrected chi connectivity index (χ4v) is 1.95. The van der Waals surface area contributed by atoms with E-state index >= 15 is 0 Å². The number of amides is 1. The van der Waals surface area contributed by atoms with Gasteiger partial charge in [0.2, 0.25) is 0 Å². The lowest BCUT2D eigenvalue weighted by Crippen LogP contribution is -2.32. The van der Waals surface area contributed by atoms with Gasteiger partial charge in [0.25, 0.3) is 5.91 Å². The molecule has 6 heteroatoms. The first-order valence-electron chi connectivity index (χ1n) is 6.36. The quantitative estimate of drug-likeness (QED) is 0.739. The Bertz CT molecular complexity index is 463. The zero-order valence-electron chi connectivity index (χ0n) is 12.5. The molecule has 0 spiro atoms. The molecule has 1 rings (SSSR count). The summed E-state index contributed by atoms with van der Waals surface area (Å²) in [5, 5.41) is 9.72. The summed E-state index contributed by atoms with van der Waals surface area (Å²) in [5.41, 5.74) is 7.81. The van der Waals surface area contributed by atoms with Gasteiger partial charge in [-0.25, -0.2) is 0 Å². The molecule has 20 heavy (non-hydrogen) atoms. The Hall–Kier alpha value is -1.79.